The lowest BCUT2D eigenvalue weighted by atomic mass is 10.1. The maximum Gasteiger partial charge on any atom is 0.261 e. The number of H-pyrrole nitrogens is 1. The summed E-state index contributed by atoms with van der Waals surface area (Å²) in [5, 5.41) is 18.9. The summed E-state index contributed by atoms with van der Waals surface area (Å²) >= 11 is 0. The van der Waals surface area contributed by atoms with E-state index >= 15 is 0 Å². The number of nitrogens with zero attached hydrogens (tertiary/aromatic N) is 2. The van der Waals surface area contributed by atoms with Gasteiger partial charge < -0.3 is 25.3 Å². The fourth-order valence-electron chi connectivity index (χ4n) is 2.34. The summed E-state index contributed by atoms with van der Waals surface area (Å²) in [6.07, 6.45) is -3.96. The van der Waals surface area contributed by atoms with Crippen molar-refractivity contribution in [2.24, 2.45) is 0 Å². The van der Waals surface area contributed by atoms with Crippen LogP contribution in [-0.4, -0.2) is 49.7 Å². The van der Waals surface area contributed by atoms with Crippen LogP contribution in [0, 0.1) is 0 Å². The van der Waals surface area contributed by atoms with Crippen molar-refractivity contribution in [3.63, 3.8) is 0 Å². The summed E-state index contributed by atoms with van der Waals surface area (Å²) in [6.45, 7) is -0.507. The van der Waals surface area contributed by atoms with Crippen LogP contribution in [0.4, 0.5) is 10.3 Å². The van der Waals surface area contributed by atoms with Crippen LogP contribution in [0.1, 0.15) is 6.23 Å². The molecule has 0 radical (unpaired) electrons. The van der Waals surface area contributed by atoms with Crippen molar-refractivity contribution >= 4 is 17.0 Å². The third-order valence-corrected chi connectivity index (χ3v) is 3.35. The van der Waals surface area contributed by atoms with Gasteiger partial charge in [0.1, 0.15) is 12.2 Å². The molecule has 0 bridgehead atoms. The molecule has 0 aliphatic carbocycles. The molecule has 9 heteroatoms. The monoisotopic (exact) mass is 284 g/mol. The highest BCUT2D eigenvalue weighted by molar-refractivity contribution is 5.76. The van der Waals surface area contributed by atoms with Gasteiger partial charge in [-0.05, 0) is 6.07 Å². The first-order chi connectivity index (χ1) is 9.52. The van der Waals surface area contributed by atoms with Crippen LogP contribution in [0.15, 0.2) is 17.1 Å². The summed E-state index contributed by atoms with van der Waals surface area (Å²) in [5.74, 6) is -0.102. The summed E-state index contributed by atoms with van der Waals surface area (Å²) in [6, 6.07) is 1.45. The fraction of sp³-hybridized carbons (Fsp3) is 0.455. The Labute approximate surface area is 111 Å². The van der Waals surface area contributed by atoms with Crippen LogP contribution in [0.5, 0.6) is 0 Å². The van der Waals surface area contributed by atoms with Gasteiger partial charge in [0.2, 0.25) is 5.95 Å². The second-order valence-corrected chi connectivity index (χ2v) is 4.59. The highest BCUT2D eigenvalue weighted by Crippen LogP contribution is 2.33. The van der Waals surface area contributed by atoms with Crippen LogP contribution < -0.4 is 11.3 Å². The molecular formula is C11H13FN4O4. The summed E-state index contributed by atoms with van der Waals surface area (Å²) in [7, 11) is 0. The van der Waals surface area contributed by atoms with E-state index in [-0.39, 0.29) is 17.0 Å². The number of ether oxygens (including phenoxy) is 1. The first-order valence-electron chi connectivity index (χ1n) is 5.97. The number of hydrogen-bond donors (Lipinski definition) is 4. The van der Waals surface area contributed by atoms with Crippen molar-refractivity contribution in [2.45, 2.75) is 24.6 Å². The van der Waals surface area contributed by atoms with Gasteiger partial charge in [-0.2, -0.15) is 4.98 Å². The molecule has 0 saturated carbocycles. The summed E-state index contributed by atoms with van der Waals surface area (Å²) in [4.78, 5) is 18.0. The first-order valence-corrected chi connectivity index (χ1v) is 5.97. The molecule has 2 aromatic rings. The molecule has 3 rings (SSSR count). The predicted molar refractivity (Wildman–Crippen MR) is 66.7 cm³/mol. The van der Waals surface area contributed by atoms with E-state index in [9.17, 15) is 14.3 Å². The quantitative estimate of drug-likeness (QED) is 0.554. The minimum Gasteiger partial charge on any atom is -0.394 e. The SMILES string of the molecule is Nc1nc2c(ccn2[C@@H]2O[C@H](CO)[C@@H](O)[C@@H]2F)c(=O)[nH]1. The zero-order valence-corrected chi connectivity index (χ0v) is 10.2. The van der Waals surface area contributed by atoms with Crippen molar-refractivity contribution in [3.05, 3.63) is 22.6 Å². The van der Waals surface area contributed by atoms with E-state index in [0.717, 1.165) is 0 Å². The van der Waals surface area contributed by atoms with E-state index in [4.69, 9.17) is 15.6 Å². The fourth-order valence-corrected chi connectivity index (χ4v) is 2.34. The Morgan fingerprint density at radius 3 is 3.00 bits per heavy atom. The molecule has 2 aromatic heterocycles. The van der Waals surface area contributed by atoms with Crippen molar-refractivity contribution in [2.75, 3.05) is 12.3 Å². The number of rotatable bonds is 2. The van der Waals surface area contributed by atoms with E-state index < -0.39 is 36.8 Å². The highest BCUT2D eigenvalue weighted by atomic mass is 19.1. The molecule has 0 amide bonds. The van der Waals surface area contributed by atoms with Gasteiger partial charge in [-0.15, -0.1) is 0 Å². The van der Waals surface area contributed by atoms with E-state index in [0.29, 0.717) is 0 Å². The minimum absolute atomic E-state index is 0.102. The van der Waals surface area contributed by atoms with Gasteiger partial charge in [-0.25, -0.2) is 4.39 Å². The lowest BCUT2D eigenvalue weighted by Crippen LogP contribution is -2.30. The van der Waals surface area contributed by atoms with Crippen LogP contribution in [0.3, 0.4) is 0 Å². The van der Waals surface area contributed by atoms with E-state index in [2.05, 4.69) is 9.97 Å². The number of alkyl halides is 1. The number of aromatic amines is 1. The second kappa shape index (κ2) is 4.54. The molecule has 108 valence electrons. The largest absolute Gasteiger partial charge is 0.394 e. The molecule has 1 fully saturated rings. The lowest BCUT2D eigenvalue weighted by Gasteiger charge is -2.15. The van der Waals surface area contributed by atoms with Crippen molar-refractivity contribution in [3.8, 4) is 0 Å². The van der Waals surface area contributed by atoms with Gasteiger partial charge in [0.15, 0.2) is 18.0 Å². The summed E-state index contributed by atoms with van der Waals surface area (Å²) in [5.41, 5.74) is 5.17. The normalized spacial score (nSPS) is 30.1. The lowest BCUT2D eigenvalue weighted by molar-refractivity contribution is -0.0457. The number of aliphatic hydroxyl groups excluding tert-OH is 2. The second-order valence-electron chi connectivity index (χ2n) is 4.59. The number of halogens is 1. The molecule has 0 unspecified atom stereocenters. The molecule has 3 heterocycles. The smallest absolute Gasteiger partial charge is 0.261 e. The molecular weight excluding hydrogens is 271 g/mol. The van der Waals surface area contributed by atoms with Crippen molar-refractivity contribution in [1.29, 1.82) is 0 Å². The molecule has 0 spiro atoms. The number of nitrogens with two attached hydrogens (primary N) is 1. The topological polar surface area (TPSA) is 126 Å². The van der Waals surface area contributed by atoms with E-state index in [1.165, 1.54) is 16.8 Å². The molecule has 1 aliphatic rings. The molecule has 5 N–H and O–H groups in total. The third kappa shape index (κ3) is 1.79. The molecule has 0 aromatic carbocycles. The molecule has 8 nitrogen and oxygen atoms in total. The average Bonchev–Trinajstić information content (AvgIpc) is 2.93. The predicted octanol–water partition coefficient (Wildman–Crippen LogP) is -1.10. The molecule has 4 atom stereocenters. The number of nitrogens with one attached hydrogen (secondary N) is 1. The van der Waals surface area contributed by atoms with Gasteiger partial charge in [0.05, 0.1) is 12.0 Å². The van der Waals surface area contributed by atoms with Crippen LogP contribution in [-0.2, 0) is 4.74 Å². The Bertz CT molecular complexity index is 699. The maximum atomic E-state index is 14.1. The molecule has 1 saturated heterocycles. The van der Waals surface area contributed by atoms with Gasteiger partial charge in [-0.1, -0.05) is 0 Å². The van der Waals surface area contributed by atoms with Crippen LogP contribution >= 0.6 is 0 Å². The van der Waals surface area contributed by atoms with E-state index in [1.807, 2.05) is 0 Å². The number of aliphatic hydroxyl groups is 2. The summed E-state index contributed by atoms with van der Waals surface area (Å²) < 4.78 is 20.6. The van der Waals surface area contributed by atoms with Gasteiger partial charge >= 0.3 is 0 Å². The maximum absolute atomic E-state index is 14.1. The standard InChI is InChI=1S/C11H13FN4O4/c12-6-7(18)5(3-17)20-10(6)16-2-1-4-8(16)14-11(13)15-9(4)19/h1-2,5-7,10,17-18H,3H2,(H3,13,14,15,19)/t5-,6+,7-,10-/m1/s1. The zero-order valence-electron chi connectivity index (χ0n) is 10.2. The Morgan fingerprint density at radius 1 is 1.60 bits per heavy atom. The van der Waals surface area contributed by atoms with Gasteiger partial charge in [0.25, 0.3) is 5.56 Å². The Morgan fingerprint density at radius 2 is 2.35 bits per heavy atom. The number of fused-ring (bicyclic) bond motifs is 1. The highest BCUT2D eigenvalue weighted by Gasteiger charge is 2.45. The van der Waals surface area contributed by atoms with Crippen LogP contribution in [0.25, 0.3) is 11.0 Å². The number of aromatic nitrogens is 3. The number of nitrogen functional groups attached to an aromatic ring is 1. The van der Waals surface area contributed by atoms with Crippen LogP contribution in [0.2, 0.25) is 0 Å². The molecule has 1 aliphatic heterocycles. The van der Waals surface area contributed by atoms with Gasteiger partial charge in [0, 0.05) is 6.20 Å². The average molecular weight is 284 g/mol. The van der Waals surface area contributed by atoms with Gasteiger partial charge in [-0.3, -0.25) is 9.78 Å². The Balaban J connectivity index is 2.09. The number of anilines is 1. The van der Waals surface area contributed by atoms with Crippen molar-refractivity contribution < 1.29 is 19.3 Å². The Hall–Kier alpha value is -1.97. The third-order valence-electron chi connectivity index (χ3n) is 3.35. The number of hydrogen-bond acceptors (Lipinski definition) is 6. The zero-order chi connectivity index (χ0) is 14.4. The Kier molecular flexibility index (Phi) is 2.96. The first kappa shape index (κ1) is 13.0. The van der Waals surface area contributed by atoms with E-state index in [1.54, 1.807) is 0 Å². The molecule has 20 heavy (non-hydrogen) atoms. The minimum atomic E-state index is -1.75. The van der Waals surface area contributed by atoms with Crippen molar-refractivity contribution in [1.82, 2.24) is 14.5 Å².